The number of Topliss-reactive ketones (excluding diaryl/α,β-unsaturated/α-hetero) is 2. The highest BCUT2D eigenvalue weighted by Gasteiger charge is 2.88. The van der Waals surface area contributed by atoms with Gasteiger partial charge in [-0.25, -0.2) is 0 Å². The van der Waals surface area contributed by atoms with Crippen molar-refractivity contribution in [1.29, 1.82) is 0 Å². The van der Waals surface area contributed by atoms with Crippen LogP contribution in [0.15, 0.2) is 12.2 Å². The molecule has 0 amide bonds. The van der Waals surface area contributed by atoms with Gasteiger partial charge in [-0.1, -0.05) is 20.4 Å². The summed E-state index contributed by atoms with van der Waals surface area (Å²) < 4.78 is 11.9. The molecule has 2 N–H and O–H groups in total. The van der Waals surface area contributed by atoms with Crippen LogP contribution in [0.1, 0.15) is 52.4 Å². The van der Waals surface area contributed by atoms with Crippen LogP contribution >= 0.6 is 0 Å². The molecule has 7 aliphatic rings. The SMILES string of the molecule is C=C1C(=O)[C@]23[C@H](OC(=O)C4CC4)[C@H]1CC[C@H]2[C@@]12CO[C@]3(O)[C@@H](O)[C@@H]1C(C)(C)CCC2=O. The van der Waals surface area contributed by atoms with Gasteiger partial charge in [-0.05, 0) is 49.0 Å². The number of ether oxygens (including phenoxy) is 2. The van der Waals surface area contributed by atoms with Crippen LogP contribution in [0.25, 0.3) is 0 Å². The van der Waals surface area contributed by atoms with Gasteiger partial charge in [-0.2, -0.15) is 0 Å². The molecule has 7 rings (SSSR count). The largest absolute Gasteiger partial charge is 0.460 e. The summed E-state index contributed by atoms with van der Waals surface area (Å²) in [6.07, 6.45) is 1.15. The zero-order chi connectivity index (χ0) is 22.1. The third-order valence-corrected chi connectivity index (χ3v) is 9.77. The highest BCUT2D eigenvalue weighted by atomic mass is 16.6. The van der Waals surface area contributed by atoms with E-state index in [-0.39, 0.29) is 24.3 Å². The molecular weight excluding hydrogens is 400 g/mol. The minimum atomic E-state index is -2.22. The number of rotatable bonds is 2. The number of carbonyl (C=O) groups is 3. The molecule has 0 unspecified atom stereocenters. The number of aliphatic hydroxyl groups is 2. The van der Waals surface area contributed by atoms with E-state index < -0.39 is 57.8 Å². The smallest absolute Gasteiger partial charge is 0.309 e. The van der Waals surface area contributed by atoms with Crippen molar-refractivity contribution in [1.82, 2.24) is 0 Å². The van der Waals surface area contributed by atoms with Crippen molar-refractivity contribution in [2.75, 3.05) is 6.61 Å². The molecule has 2 spiro atoms. The van der Waals surface area contributed by atoms with E-state index in [9.17, 15) is 24.6 Å². The molecule has 4 bridgehead atoms. The Morgan fingerprint density at radius 2 is 1.90 bits per heavy atom. The van der Waals surface area contributed by atoms with E-state index in [0.717, 1.165) is 12.8 Å². The van der Waals surface area contributed by atoms with Crippen molar-refractivity contribution < 1.29 is 34.1 Å². The van der Waals surface area contributed by atoms with E-state index in [4.69, 9.17) is 9.47 Å². The number of esters is 1. The number of carbonyl (C=O) groups excluding carboxylic acids is 3. The number of ketones is 2. The van der Waals surface area contributed by atoms with Crippen molar-refractivity contribution in [2.45, 2.75) is 70.4 Å². The van der Waals surface area contributed by atoms with Crippen molar-refractivity contribution in [3.8, 4) is 0 Å². The van der Waals surface area contributed by atoms with Gasteiger partial charge in [-0.15, -0.1) is 0 Å². The predicted molar refractivity (Wildman–Crippen MR) is 106 cm³/mol. The quantitative estimate of drug-likeness (QED) is 0.505. The highest BCUT2D eigenvalue weighted by Crippen LogP contribution is 2.76. The summed E-state index contributed by atoms with van der Waals surface area (Å²) in [5.41, 5.74) is -2.87. The van der Waals surface area contributed by atoms with Gasteiger partial charge in [0.05, 0.1) is 17.9 Å². The maximum atomic E-state index is 13.8. The van der Waals surface area contributed by atoms with Gasteiger partial charge in [0.1, 0.15) is 23.4 Å². The standard InChI is InChI=1S/C24H30O7/c1-11-13-6-7-14-22-10-30-24(29,18(27)16(22)21(2,3)9-8-15(22)25)23(14,17(11)26)19(13)31-20(28)12-4-5-12/h12-14,16,18-19,27,29H,1,4-10H2,2-3H3/t13-,14-,16+,18-,19+,22+,23-,24+/m0/s1. The van der Waals surface area contributed by atoms with Gasteiger partial charge in [0.2, 0.25) is 5.79 Å². The summed E-state index contributed by atoms with van der Waals surface area (Å²) in [6.45, 7) is 8.00. The lowest BCUT2D eigenvalue weighted by Gasteiger charge is -2.72. The molecule has 2 saturated heterocycles. The van der Waals surface area contributed by atoms with Crippen LogP contribution in [0.2, 0.25) is 0 Å². The van der Waals surface area contributed by atoms with E-state index in [2.05, 4.69) is 6.58 Å². The normalized spacial score (nSPS) is 52.0. The second-order valence-electron chi connectivity index (χ2n) is 11.5. The van der Waals surface area contributed by atoms with Crippen LogP contribution in [-0.2, 0) is 23.9 Å². The van der Waals surface area contributed by atoms with E-state index in [1.54, 1.807) is 0 Å². The van der Waals surface area contributed by atoms with Gasteiger partial charge in [0.15, 0.2) is 5.78 Å². The monoisotopic (exact) mass is 430 g/mol. The fourth-order valence-electron chi connectivity index (χ4n) is 8.31. The first-order chi connectivity index (χ1) is 14.5. The third kappa shape index (κ3) is 1.97. The lowest BCUT2D eigenvalue weighted by molar-refractivity contribution is -0.437. The Labute approximate surface area is 181 Å². The van der Waals surface area contributed by atoms with Crippen LogP contribution in [0.4, 0.5) is 0 Å². The Kier molecular flexibility index (Phi) is 3.67. The Bertz CT molecular complexity index is 934. The molecule has 168 valence electrons. The summed E-state index contributed by atoms with van der Waals surface area (Å²) in [4.78, 5) is 40.1. The zero-order valence-corrected chi connectivity index (χ0v) is 18.1. The zero-order valence-electron chi connectivity index (χ0n) is 18.1. The predicted octanol–water partition coefficient (Wildman–Crippen LogP) is 1.54. The van der Waals surface area contributed by atoms with Gasteiger partial charge in [0.25, 0.3) is 0 Å². The average molecular weight is 430 g/mol. The summed E-state index contributed by atoms with van der Waals surface area (Å²) in [5.74, 6) is -4.71. The number of fused-ring (bicyclic) bond motifs is 2. The van der Waals surface area contributed by atoms with E-state index in [0.29, 0.717) is 31.3 Å². The lowest BCUT2D eigenvalue weighted by Crippen LogP contribution is -2.85. The van der Waals surface area contributed by atoms with Crippen molar-refractivity contribution in [2.24, 2.45) is 39.9 Å². The Balaban J connectivity index is 1.58. The van der Waals surface area contributed by atoms with E-state index in [1.165, 1.54) is 0 Å². The molecule has 5 aliphatic carbocycles. The van der Waals surface area contributed by atoms with Crippen molar-refractivity contribution in [3.05, 3.63) is 12.2 Å². The van der Waals surface area contributed by atoms with Gasteiger partial charge in [0, 0.05) is 18.3 Å². The molecule has 7 nitrogen and oxygen atoms in total. The van der Waals surface area contributed by atoms with Gasteiger partial charge in [-0.3, -0.25) is 14.4 Å². The maximum Gasteiger partial charge on any atom is 0.309 e. The summed E-state index contributed by atoms with van der Waals surface area (Å²) in [6, 6.07) is 0. The second-order valence-corrected chi connectivity index (χ2v) is 11.5. The number of hydrogen-bond donors (Lipinski definition) is 2. The molecule has 2 aliphatic heterocycles. The summed E-state index contributed by atoms with van der Waals surface area (Å²) >= 11 is 0. The molecule has 31 heavy (non-hydrogen) atoms. The molecule has 7 heteroatoms. The molecule has 0 aromatic heterocycles. The lowest BCUT2D eigenvalue weighted by atomic mass is 9.36. The van der Waals surface area contributed by atoms with Crippen LogP contribution < -0.4 is 0 Å². The topological polar surface area (TPSA) is 110 Å². The third-order valence-electron chi connectivity index (χ3n) is 9.77. The first kappa shape index (κ1) is 20.1. The van der Waals surface area contributed by atoms with Crippen LogP contribution in [0.5, 0.6) is 0 Å². The molecule has 8 atom stereocenters. The first-order valence-electron chi connectivity index (χ1n) is 11.6. The van der Waals surface area contributed by atoms with E-state index >= 15 is 0 Å². The Hall–Kier alpha value is -1.57. The number of aliphatic hydroxyl groups excluding tert-OH is 1. The maximum absolute atomic E-state index is 13.8. The van der Waals surface area contributed by atoms with Crippen LogP contribution in [-0.4, -0.2) is 52.4 Å². The highest BCUT2D eigenvalue weighted by molar-refractivity contribution is 6.06. The first-order valence-corrected chi connectivity index (χ1v) is 11.6. The van der Waals surface area contributed by atoms with Crippen molar-refractivity contribution >= 4 is 17.5 Å². The van der Waals surface area contributed by atoms with Crippen LogP contribution in [0, 0.1) is 39.9 Å². The summed E-state index contributed by atoms with van der Waals surface area (Å²) in [5, 5.41) is 23.6. The fraction of sp³-hybridized carbons (Fsp3) is 0.792. The average Bonchev–Trinajstić information content (AvgIpc) is 3.55. The molecule has 0 aromatic carbocycles. The van der Waals surface area contributed by atoms with Gasteiger partial charge >= 0.3 is 5.97 Å². The Morgan fingerprint density at radius 1 is 1.19 bits per heavy atom. The summed E-state index contributed by atoms with van der Waals surface area (Å²) in [7, 11) is 0. The van der Waals surface area contributed by atoms with Crippen molar-refractivity contribution in [3.63, 3.8) is 0 Å². The van der Waals surface area contributed by atoms with E-state index in [1.807, 2.05) is 13.8 Å². The van der Waals surface area contributed by atoms with Crippen LogP contribution in [0.3, 0.4) is 0 Å². The molecule has 5 saturated carbocycles. The molecule has 0 aromatic rings. The molecule has 0 radical (unpaired) electrons. The number of hydrogen-bond acceptors (Lipinski definition) is 7. The molecule has 7 fully saturated rings. The minimum Gasteiger partial charge on any atom is -0.460 e. The Morgan fingerprint density at radius 3 is 2.58 bits per heavy atom. The molecular formula is C24H30O7. The molecule has 2 heterocycles. The fourth-order valence-corrected chi connectivity index (χ4v) is 8.31. The second kappa shape index (κ2) is 5.67. The van der Waals surface area contributed by atoms with Gasteiger partial charge < -0.3 is 19.7 Å². The minimum absolute atomic E-state index is 0.0157.